The van der Waals surface area contributed by atoms with Gasteiger partial charge in [-0.3, -0.25) is 9.89 Å². The predicted octanol–water partition coefficient (Wildman–Crippen LogP) is 1.47. The first kappa shape index (κ1) is 11.7. The van der Waals surface area contributed by atoms with Gasteiger partial charge in [-0.2, -0.15) is 5.10 Å². The number of aromatic amines is 1. The van der Waals surface area contributed by atoms with Gasteiger partial charge in [-0.15, -0.1) is 0 Å². The van der Waals surface area contributed by atoms with E-state index in [-0.39, 0.29) is 18.1 Å². The summed E-state index contributed by atoms with van der Waals surface area (Å²) in [6.45, 7) is 7.62. The number of amides is 1. The molecule has 0 saturated heterocycles. The molecule has 2 N–H and O–H groups in total. The zero-order valence-electron chi connectivity index (χ0n) is 9.55. The van der Waals surface area contributed by atoms with Crippen LogP contribution >= 0.6 is 0 Å². The molecule has 0 unspecified atom stereocenters. The molecular weight excluding hydrogens is 194 g/mol. The molecule has 0 aliphatic rings. The summed E-state index contributed by atoms with van der Waals surface area (Å²) in [6, 6.07) is 0. The van der Waals surface area contributed by atoms with Gasteiger partial charge in [-0.05, 0) is 27.7 Å². The van der Waals surface area contributed by atoms with E-state index in [1.165, 1.54) is 0 Å². The Hall–Kier alpha value is -1.36. The molecule has 15 heavy (non-hydrogen) atoms. The van der Waals surface area contributed by atoms with Gasteiger partial charge in [0, 0.05) is 5.56 Å². The SMILES string of the molecule is Cc1cn[nH]c1NC(=O)COC(C)(C)C. The topological polar surface area (TPSA) is 67.0 Å². The quantitative estimate of drug-likeness (QED) is 0.795. The third kappa shape index (κ3) is 4.12. The van der Waals surface area contributed by atoms with Gasteiger partial charge in [-0.25, -0.2) is 0 Å². The van der Waals surface area contributed by atoms with Gasteiger partial charge in [-0.1, -0.05) is 0 Å². The summed E-state index contributed by atoms with van der Waals surface area (Å²) in [5.41, 5.74) is 0.597. The summed E-state index contributed by atoms with van der Waals surface area (Å²) in [5, 5.41) is 9.18. The molecular formula is C10H17N3O2. The summed E-state index contributed by atoms with van der Waals surface area (Å²) >= 11 is 0. The van der Waals surface area contributed by atoms with Gasteiger partial charge < -0.3 is 10.1 Å². The van der Waals surface area contributed by atoms with Crippen molar-refractivity contribution in [1.29, 1.82) is 0 Å². The van der Waals surface area contributed by atoms with Crippen molar-refractivity contribution in [3.8, 4) is 0 Å². The van der Waals surface area contributed by atoms with Gasteiger partial charge in [0.2, 0.25) is 0 Å². The maximum atomic E-state index is 11.4. The van der Waals surface area contributed by atoms with Crippen LogP contribution in [0.3, 0.4) is 0 Å². The van der Waals surface area contributed by atoms with Crippen molar-refractivity contribution < 1.29 is 9.53 Å². The molecule has 0 fully saturated rings. The molecule has 0 aromatic carbocycles. The molecule has 5 heteroatoms. The van der Waals surface area contributed by atoms with E-state index in [0.717, 1.165) is 5.56 Å². The van der Waals surface area contributed by atoms with Crippen molar-refractivity contribution in [3.05, 3.63) is 11.8 Å². The van der Waals surface area contributed by atoms with Crippen LogP contribution in [0.15, 0.2) is 6.20 Å². The van der Waals surface area contributed by atoms with E-state index in [2.05, 4.69) is 15.5 Å². The predicted molar refractivity (Wildman–Crippen MR) is 57.7 cm³/mol. The first-order valence-electron chi connectivity index (χ1n) is 4.82. The number of nitrogens with zero attached hydrogens (tertiary/aromatic N) is 1. The number of anilines is 1. The van der Waals surface area contributed by atoms with Crippen molar-refractivity contribution >= 4 is 11.7 Å². The van der Waals surface area contributed by atoms with E-state index >= 15 is 0 Å². The summed E-state index contributed by atoms with van der Waals surface area (Å²) in [7, 11) is 0. The van der Waals surface area contributed by atoms with E-state index in [9.17, 15) is 4.79 Å². The average Bonchev–Trinajstić information content (AvgIpc) is 2.47. The first-order valence-corrected chi connectivity index (χ1v) is 4.82. The molecule has 0 saturated carbocycles. The second kappa shape index (κ2) is 4.44. The molecule has 0 spiro atoms. The second-order valence-corrected chi connectivity index (χ2v) is 4.38. The number of aromatic nitrogens is 2. The Morgan fingerprint density at radius 2 is 2.27 bits per heavy atom. The van der Waals surface area contributed by atoms with Crippen LogP contribution in [0.1, 0.15) is 26.3 Å². The van der Waals surface area contributed by atoms with Crippen LogP contribution in [0.2, 0.25) is 0 Å². The van der Waals surface area contributed by atoms with Crippen LogP contribution in [0.4, 0.5) is 5.82 Å². The number of hydrogen-bond donors (Lipinski definition) is 2. The Kier molecular flexibility index (Phi) is 3.47. The molecule has 1 amide bonds. The Bertz CT molecular complexity index is 339. The highest BCUT2D eigenvalue weighted by Crippen LogP contribution is 2.09. The van der Waals surface area contributed by atoms with E-state index in [1.54, 1.807) is 6.20 Å². The van der Waals surface area contributed by atoms with Crippen LogP contribution in [-0.2, 0) is 9.53 Å². The van der Waals surface area contributed by atoms with Crippen molar-refractivity contribution in [2.24, 2.45) is 0 Å². The highest BCUT2D eigenvalue weighted by molar-refractivity contribution is 5.91. The molecule has 84 valence electrons. The average molecular weight is 211 g/mol. The lowest BCUT2D eigenvalue weighted by Crippen LogP contribution is -2.27. The lowest BCUT2D eigenvalue weighted by molar-refractivity contribution is -0.125. The van der Waals surface area contributed by atoms with Crippen molar-refractivity contribution in [2.45, 2.75) is 33.3 Å². The number of carbonyl (C=O) groups is 1. The fourth-order valence-electron chi connectivity index (χ4n) is 0.930. The number of nitrogens with one attached hydrogen (secondary N) is 2. The van der Waals surface area contributed by atoms with E-state index in [0.29, 0.717) is 5.82 Å². The molecule has 1 heterocycles. The third-order valence-electron chi connectivity index (χ3n) is 1.73. The summed E-state index contributed by atoms with van der Waals surface area (Å²) in [4.78, 5) is 11.4. The highest BCUT2D eigenvalue weighted by Gasteiger charge is 2.13. The molecule has 5 nitrogen and oxygen atoms in total. The van der Waals surface area contributed by atoms with Crippen LogP contribution in [0, 0.1) is 6.92 Å². The largest absolute Gasteiger partial charge is 0.366 e. The van der Waals surface area contributed by atoms with Crippen molar-refractivity contribution in [2.75, 3.05) is 11.9 Å². The first-order chi connectivity index (χ1) is 6.88. The minimum Gasteiger partial charge on any atom is -0.366 e. The minimum absolute atomic E-state index is 0.0436. The molecule has 0 atom stereocenters. The van der Waals surface area contributed by atoms with E-state index < -0.39 is 0 Å². The highest BCUT2D eigenvalue weighted by atomic mass is 16.5. The molecule has 1 aromatic heterocycles. The van der Waals surface area contributed by atoms with Gasteiger partial charge in [0.25, 0.3) is 5.91 Å². The van der Waals surface area contributed by atoms with Crippen LogP contribution in [0.25, 0.3) is 0 Å². The number of ether oxygens (including phenoxy) is 1. The van der Waals surface area contributed by atoms with Crippen LogP contribution in [-0.4, -0.2) is 28.3 Å². The normalized spacial score (nSPS) is 11.5. The fourth-order valence-corrected chi connectivity index (χ4v) is 0.930. The second-order valence-electron chi connectivity index (χ2n) is 4.38. The molecule has 0 aliphatic heterocycles. The zero-order chi connectivity index (χ0) is 11.5. The van der Waals surface area contributed by atoms with Gasteiger partial charge in [0.1, 0.15) is 12.4 Å². The monoisotopic (exact) mass is 211 g/mol. The summed E-state index contributed by atoms with van der Waals surface area (Å²) < 4.78 is 5.33. The van der Waals surface area contributed by atoms with Crippen molar-refractivity contribution in [1.82, 2.24) is 10.2 Å². The van der Waals surface area contributed by atoms with E-state index in [4.69, 9.17) is 4.74 Å². The number of rotatable bonds is 3. The molecule has 1 aromatic rings. The summed E-state index contributed by atoms with van der Waals surface area (Å²) in [6.07, 6.45) is 1.65. The molecule has 0 bridgehead atoms. The Morgan fingerprint density at radius 1 is 1.60 bits per heavy atom. The standard InChI is InChI=1S/C10H17N3O2/c1-7-5-11-13-9(7)12-8(14)6-15-10(2,3)4/h5H,6H2,1-4H3,(H2,11,12,13,14). The number of hydrogen-bond acceptors (Lipinski definition) is 3. The minimum atomic E-state index is -0.305. The summed E-state index contributed by atoms with van der Waals surface area (Å²) in [5.74, 6) is 0.440. The fraction of sp³-hybridized carbons (Fsp3) is 0.600. The number of H-pyrrole nitrogens is 1. The molecule has 0 radical (unpaired) electrons. The Morgan fingerprint density at radius 3 is 2.73 bits per heavy atom. The van der Waals surface area contributed by atoms with Crippen LogP contribution in [0.5, 0.6) is 0 Å². The lowest BCUT2D eigenvalue weighted by atomic mass is 10.2. The van der Waals surface area contributed by atoms with Gasteiger partial charge in [0.15, 0.2) is 0 Å². The number of aryl methyl sites for hydroxylation is 1. The van der Waals surface area contributed by atoms with Gasteiger partial charge in [0.05, 0.1) is 11.8 Å². The Labute approximate surface area is 89.2 Å². The smallest absolute Gasteiger partial charge is 0.251 e. The maximum absolute atomic E-state index is 11.4. The maximum Gasteiger partial charge on any atom is 0.251 e. The van der Waals surface area contributed by atoms with Crippen LogP contribution < -0.4 is 5.32 Å². The van der Waals surface area contributed by atoms with E-state index in [1.807, 2.05) is 27.7 Å². The molecule has 1 rings (SSSR count). The van der Waals surface area contributed by atoms with Crippen molar-refractivity contribution in [3.63, 3.8) is 0 Å². The zero-order valence-corrected chi connectivity index (χ0v) is 9.55. The Balaban J connectivity index is 2.41. The lowest BCUT2D eigenvalue weighted by Gasteiger charge is -2.18. The van der Waals surface area contributed by atoms with Gasteiger partial charge >= 0.3 is 0 Å². The third-order valence-corrected chi connectivity index (χ3v) is 1.73. The number of carbonyl (C=O) groups excluding carboxylic acids is 1. The molecule has 0 aliphatic carbocycles.